The van der Waals surface area contributed by atoms with Crippen LogP contribution in [-0.2, 0) is 4.79 Å². The molecule has 1 heterocycles. The Morgan fingerprint density at radius 1 is 1.29 bits per heavy atom. The summed E-state index contributed by atoms with van der Waals surface area (Å²) >= 11 is 0. The van der Waals surface area contributed by atoms with E-state index in [2.05, 4.69) is 0 Å². The third-order valence-corrected chi connectivity index (χ3v) is 3.56. The molecule has 0 saturated carbocycles. The van der Waals surface area contributed by atoms with Crippen LogP contribution in [0.3, 0.4) is 0 Å². The molecule has 2 rings (SSSR count). The molecule has 21 heavy (non-hydrogen) atoms. The number of methoxy groups -OCH3 is 1. The lowest BCUT2D eigenvalue weighted by Gasteiger charge is -2.15. The average Bonchev–Trinajstić information content (AvgIpc) is 2.91. The first-order chi connectivity index (χ1) is 9.60. The number of nitrogens with zero attached hydrogens (tertiary/aromatic N) is 1. The standard InChI is InChI=1S/C15H20N2O3.ClH/c1-20-13-4-2-11(3-5-13)14(18)6-7-15(19)17-9-8-12(16)10-17;/h2-5,12H,6-10,16H2,1H3;1H/t12-;/m1./s1. The third kappa shape index (κ3) is 4.72. The summed E-state index contributed by atoms with van der Waals surface area (Å²) in [6.45, 7) is 1.31. The smallest absolute Gasteiger partial charge is 0.223 e. The van der Waals surface area contributed by atoms with Crippen LogP contribution in [0, 0.1) is 0 Å². The summed E-state index contributed by atoms with van der Waals surface area (Å²) in [4.78, 5) is 25.7. The first-order valence-corrected chi connectivity index (χ1v) is 6.80. The van der Waals surface area contributed by atoms with E-state index in [-0.39, 0.29) is 43.0 Å². The zero-order valence-electron chi connectivity index (χ0n) is 12.1. The van der Waals surface area contributed by atoms with Gasteiger partial charge < -0.3 is 15.4 Å². The Morgan fingerprint density at radius 3 is 2.48 bits per heavy atom. The van der Waals surface area contributed by atoms with Gasteiger partial charge in [0.1, 0.15) is 5.75 Å². The summed E-state index contributed by atoms with van der Waals surface area (Å²) in [6, 6.07) is 7.01. The van der Waals surface area contributed by atoms with E-state index < -0.39 is 0 Å². The van der Waals surface area contributed by atoms with E-state index in [4.69, 9.17) is 10.5 Å². The van der Waals surface area contributed by atoms with Crippen molar-refractivity contribution in [2.24, 2.45) is 5.73 Å². The Balaban J connectivity index is 0.00000220. The van der Waals surface area contributed by atoms with E-state index in [1.165, 1.54) is 0 Å². The van der Waals surface area contributed by atoms with Crippen molar-refractivity contribution in [3.63, 3.8) is 0 Å². The van der Waals surface area contributed by atoms with Gasteiger partial charge in [-0.25, -0.2) is 0 Å². The van der Waals surface area contributed by atoms with Crippen LogP contribution in [0.25, 0.3) is 0 Å². The van der Waals surface area contributed by atoms with Gasteiger partial charge >= 0.3 is 0 Å². The fourth-order valence-electron chi connectivity index (χ4n) is 2.31. The highest BCUT2D eigenvalue weighted by atomic mass is 35.5. The number of hydrogen-bond donors (Lipinski definition) is 1. The van der Waals surface area contributed by atoms with Crippen LogP contribution in [-0.4, -0.2) is 42.8 Å². The van der Waals surface area contributed by atoms with Crippen LogP contribution in [0.15, 0.2) is 24.3 Å². The summed E-state index contributed by atoms with van der Waals surface area (Å²) in [5, 5.41) is 0. The van der Waals surface area contributed by atoms with Crippen LogP contribution in [0.2, 0.25) is 0 Å². The van der Waals surface area contributed by atoms with Gasteiger partial charge in [-0.1, -0.05) is 0 Å². The third-order valence-electron chi connectivity index (χ3n) is 3.56. The van der Waals surface area contributed by atoms with Crippen molar-refractivity contribution < 1.29 is 14.3 Å². The second kappa shape index (κ2) is 8.00. The van der Waals surface area contributed by atoms with Crippen LogP contribution in [0.4, 0.5) is 0 Å². The molecule has 0 unspecified atom stereocenters. The van der Waals surface area contributed by atoms with Crippen molar-refractivity contribution >= 4 is 24.1 Å². The Labute approximate surface area is 130 Å². The first-order valence-electron chi connectivity index (χ1n) is 6.80. The van der Waals surface area contributed by atoms with Crippen molar-refractivity contribution in [3.8, 4) is 5.75 Å². The predicted molar refractivity (Wildman–Crippen MR) is 83.0 cm³/mol. The number of benzene rings is 1. The Bertz CT molecular complexity index is 490. The minimum atomic E-state index is -0.0236. The van der Waals surface area contributed by atoms with Crippen molar-refractivity contribution in [2.45, 2.75) is 25.3 Å². The van der Waals surface area contributed by atoms with Crippen LogP contribution >= 0.6 is 12.4 Å². The number of halogens is 1. The predicted octanol–water partition coefficient (Wildman–Crippen LogP) is 1.64. The molecule has 1 amide bonds. The molecule has 1 aliphatic rings. The molecule has 0 bridgehead atoms. The number of ether oxygens (including phenoxy) is 1. The number of hydrogen-bond acceptors (Lipinski definition) is 4. The lowest BCUT2D eigenvalue weighted by molar-refractivity contribution is -0.130. The number of carbonyl (C=O) groups is 2. The summed E-state index contributed by atoms with van der Waals surface area (Å²) < 4.78 is 5.04. The van der Waals surface area contributed by atoms with Gasteiger partial charge in [-0.2, -0.15) is 0 Å². The quantitative estimate of drug-likeness (QED) is 0.839. The van der Waals surface area contributed by atoms with Gasteiger partial charge in [0.2, 0.25) is 5.91 Å². The number of nitrogens with two attached hydrogens (primary N) is 1. The number of likely N-dealkylation sites (tertiary alicyclic amines) is 1. The number of carbonyl (C=O) groups excluding carboxylic acids is 2. The Kier molecular flexibility index (Phi) is 6.65. The summed E-state index contributed by atoms with van der Waals surface area (Å²) in [5.41, 5.74) is 6.37. The molecule has 1 aliphatic heterocycles. The molecule has 2 N–H and O–H groups in total. The number of Topliss-reactive ketones (excluding diaryl/α,β-unsaturated/α-hetero) is 1. The van der Waals surface area contributed by atoms with Crippen molar-refractivity contribution in [1.29, 1.82) is 0 Å². The summed E-state index contributed by atoms with van der Waals surface area (Å²) in [5.74, 6) is 0.702. The Morgan fingerprint density at radius 2 is 1.95 bits per heavy atom. The number of amides is 1. The number of ketones is 1. The molecular formula is C15H21ClN2O3. The van der Waals surface area contributed by atoms with E-state index in [1.807, 2.05) is 0 Å². The number of rotatable bonds is 5. The molecule has 5 nitrogen and oxygen atoms in total. The first kappa shape index (κ1) is 17.5. The SMILES string of the molecule is COc1ccc(C(=O)CCC(=O)N2CC[C@@H](N)C2)cc1.Cl. The molecule has 6 heteroatoms. The van der Waals surface area contributed by atoms with Gasteiger partial charge in [0.25, 0.3) is 0 Å². The lowest BCUT2D eigenvalue weighted by atomic mass is 10.1. The van der Waals surface area contributed by atoms with E-state index >= 15 is 0 Å². The molecule has 1 fully saturated rings. The van der Waals surface area contributed by atoms with E-state index in [1.54, 1.807) is 36.3 Å². The highest BCUT2D eigenvalue weighted by Gasteiger charge is 2.23. The molecule has 1 aromatic carbocycles. The monoisotopic (exact) mass is 312 g/mol. The molecule has 1 saturated heterocycles. The molecule has 0 radical (unpaired) electrons. The van der Waals surface area contributed by atoms with Gasteiger partial charge in [-0.15, -0.1) is 12.4 Å². The van der Waals surface area contributed by atoms with E-state index in [0.29, 0.717) is 24.4 Å². The lowest BCUT2D eigenvalue weighted by Crippen LogP contribution is -2.32. The maximum Gasteiger partial charge on any atom is 0.223 e. The Hall–Kier alpha value is -1.59. The topological polar surface area (TPSA) is 72.6 Å². The largest absolute Gasteiger partial charge is 0.497 e. The molecule has 0 aliphatic carbocycles. The van der Waals surface area contributed by atoms with Crippen molar-refractivity contribution in [2.75, 3.05) is 20.2 Å². The van der Waals surface area contributed by atoms with Crippen LogP contribution < -0.4 is 10.5 Å². The average molecular weight is 313 g/mol. The van der Waals surface area contributed by atoms with E-state index in [0.717, 1.165) is 6.42 Å². The van der Waals surface area contributed by atoms with Gasteiger partial charge in [-0.3, -0.25) is 9.59 Å². The van der Waals surface area contributed by atoms with Crippen molar-refractivity contribution in [1.82, 2.24) is 4.90 Å². The minimum absolute atomic E-state index is 0. The van der Waals surface area contributed by atoms with Crippen LogP contribution in [0.1, 0.15) is 29.6 Å². The molecule has 116 valence electrons. The highest BCUT2D eigenvalue weighted by Crippen LogP contribution is 2.15. The molecule has 0 aromatic heterocycles. The zero-order valence-corrected chi connectivity index (χ0v) is 12.9. The van der Waals surface area contributed by atoms with Gasteiger partial charge in [-0.05, 0) is 30.7 Å². The minimum Gasteiger partial charge on any atom is -0.497 e. The van der Waals surface area contributed by atoms with Crippen molar-refractivity contribution in [3.05, 3.63) is 29.8 Å². The normalized spacial score (nSPS) is 17.2. The van der Waals surface area contributed by atoms with Gasteiger partial charge in [0.05, 0.1) is 7.11 Å². The van der Waals surface area contributed by atoms with Crippen LogP contribution in [0.5, 0.6) is 5.75 Å². The summed E-state index contributed by atoms with van der Waals surface area (Å²) in [7, 11) is 1.58. The fourth-order valence-corrected chi connectivity index (χ4v) is 2.31. The molecule has 1 aromatic rings. The molecule has 0 spiro atoms. The molecule has 1 atom stereocenters. The fraction of sp³-hybridized carbons (Fsp3) is 0.467. The molecular weight excluding hydrogens is 292 g/mol. The van der Waals surface area contributed by atoms with E-state index in [9.17, 15) is 9.59 Å². The van der Waals surface area contributed by atoms with Gasteiger partial charge in [0, 0.05) is 37.5 Å². The summed E-state index contributed by atoms with van der Waals surface area (Å²) in [6.07, 6.45) is 1.33. The van der Waals surface area contributed by atoms with Gasteiger partial charge in [0.15, 0.2) is 5.78 Å². The maximum absolute atomic E-state index is 12.0. The second-order valence-corrected chi connectivity index (χ2v) is 5.04. The zero-order chi connectivity index (χ0) is 14.5. The highest BCUT2D eigenvalue weighted by molar-refractivity contribution is 5.98. The second-order valence-electron chi connectivity index (χ2n) is 5.04. The maximum atomic E-state index is 12.0.